The Balaban J connectivity index is 2.91. The lowest BCUT2D eigenvalue weighted by molar-refractivity contribution is -0.384. The highest BCUT2D eigenvalue weighted by molar-refractivity contribution is 5.44. The van der Waals surface area contributed by atoms with Gasteiger partial charge >= 0.3 is 0 Å². The zero-order valence-electron chi connectivity index (χ0n) is 6.07. The van der Waals surface area contributed by atoms with Crippen LogP contribution in [0.15, 0.2) is 24.3 Å². The number of nitrogens with zero attached hydrogens (tertiary/aromatic N) is 1. The van der Waals surface area contributed by atoms with E-state index in [9.17, 15) is 10.1 Å². The molecule has 0 aliphatic rings. The van der Waals surface area contributed by atoms with Crippen molar-refractivity contribution in [2.24, 2.45) is 0 Å². The standard InChI is InChI=1S/C6H6N2O2/c7-5-1-3-6(4-2-5)8(9)10/h1-4H,7H2/i/hD. The average Bonchev–Trinajstić information content (AvgIpc) is 2.05. The summed E-state index contributed by atoms with van der Waals surface area (Å²) in [4.78, 5) is 9.66. The summed E-state index contributed by atoms with van der Waals surface area (Å²) in [6.07, 6.45) is 0. The summed E-state index contributed by atoms with van der Waals surface area (Å²) in [5.41, 5.74) is 2.69. The molecule has 52 valence electrons. The summed E-state index contributed by atoms with van der Waals surface area (Å²) in [5.74, 6) is 0. The van der Waals surface area contributed by atoms with Gasteiger partial charge in [0.1, 0.15) is 0 Å². The molecule has 0 aliphatic carbocycles. The fraction of sp³-hybridized carbons (Fsp3) is 0. The number of nitro groups is 1. The van der Waals surface area contributed by atoms with E-state index in [0.29, 0.717) is 5.69 Å². The van der Waals surface area contributed by atoms with Crippen molar-refractivity contribution in [1.82, 2.24) is 0 Å². The fourth-order valence-corrected chi connectivity index (χ4v) is 0.583. The Kier molecular flexibility index (Phi) is 1.23. The van der Waals surface area contributed by atoms with E-state index in [1.807, 2.05) is 0 Å². The monoisotopic (exact) mass is 139 g/mol. The van der Waals surface area contributed by atoms with E-state index in [1.165, 1.54) is 24.3 Å². The highest BCUT2D eigenvalue weighted by atomic mass is 16.6. The molecule has 2 N–H and O–H groups in total. The topological polar surface area (TPSA) is 69.2 Å². The van der Waals surface area contributed by atoms with E-state index in [4.69, 9.17) is 1.41 Å². The largest absolute Gasteiger partial charge is 0.399 e. The van der Waals surface area contributed by atoms with Gasteiger partial charge in [-0.2, -0.15) is 0 Å². The van der Waals surface area contributed by atoms with E-state index < -0.39 is 4.92 Å². The van der Waals surface area contributed by atoms with Crippen molar-refractivity contribution in [3.05, 3.63) is 34.4 Å². The summed E-state index contributed by atoms with van der Waals surface area (Å²) < 4.78 is 6.70. The number of nitro benzene ring substituents is 1. The highest BCUT2D eigenvalue weighted by Crippen LogP contribution is 2.11. The second kappa shape index (κ2) is 2.34. The van der Waals surface area contributed by atoms with Crippen LogP contribution in [0.5, 0.6) is 0 Å². The molecule has 0 spiro atoms. The van der Waals surface area contributed by atoms with Crippen LogP contribution in [0.3, 0.4) is 0 Å². The Morgan fingerprint density at radius 2 is 2.10 bits per heavy atom. The molecule has 0 aromatic heterocycles. The van der Waals surface area contributed by atoms with Crippen LogP contribution in [0.25, 0.3) is 0 Å². The molecular weight excluding hydrogens is 132 g/mol. The van der Waals surface area contributed by atoms with Crippen molar-refractivity contribution in [2.45, 2.75) is 0 Å². The molecule has 0 amide bonds. The molecule has 0 atom stereocenters. The third kappa shape index (κ3) is 1.22. The van der Waals surface area contributed by atoms with E-state index >= 15 is 0 Å². The molecule has 1 aromatic carbocycles. The minimum Gasteiger partial charge on any atom is -0.399 e. The van der Waals surface area contributed by atoms with Crippen LogP contribution in [0.2, 0.25) is 1.41 Å². The van der Waals surface area contributed by atoms with Gasteiger partial charge in [0.2, 0.25) is 0 Å². The van der Waals surface area contributed by atoms with E-state index in [0.717, 1.165) is 0 Å². The fourth-order valence-electron chi connectivity index (χ4n) is 0.583. The SMILES string of the molecule is [2H]Nc1ccc([N+](=O)[O-])cc1. The summed E-state index contributed by atoms with van der Waals surface area (Å²) in [7, 11) is 0. The number of hydrogen-bond donors (Lipinski definition) is 1. The minimum atomic E-state index is -0.478. The molecule has 0 aliphatic heterocycles. The van der Waals surface area contributed by atoms with E-state index in [-0.39, 0.29) is 5.69 Å². The quantitative estimate of drug-likeness (QED) is 0.380. The lowest BCUT2D eigenvalue weighted by Gasteiger charge is -1.90. The number of nitrogen functional groups attached to an aromatic ring is 1. The van der Waals surface area contributed by atoms with Gasteiger partial charge in [-0.3, -0.25) is 10.1 Å². The first-order valence-electron chi connectivity index (χ1n) is 3.16. The molecule has 0 radical (unpaired) electrons. The summed E-state index contributed by atoms with van der Waals surface area (Å²) in [6, 6.07) is 5.64. The van der Waals surface area contributed by atoms with Crippen molar-refractivity contribution >= 4 is 11.4 Å². The molecule has 4 nitrogen and oxygen atoms in total. The van der Waals surface area contributed by atoms with Crippen LogP contribution < -0.4 is 5.73 Å². The lowest BCUT2D eigenvalue weighted by atomic mass is 10.3. The molecule has 10 heavy (non-hydrogen) atoms. The summed E-state index contributed by atoms with van der Waals surface area (Å²) in [6.45, 7) is 0. The van der Waals surface area contributed by atoms with Gasteiger partial charge in [-0.05, 0) is 12.1 Å². The number of nitrogens with two attached hydrogens (primary N) is 1. The Morgan fingerprint density at radius 3 is 2.50 bits per heavy atom. The third-order valence-corrected chi connectivity index (χ3v) is 1.08. The molecule has 4 heteroatoms. The molecule has 0 heterocycles. The molecule has 1 rings (SSSR count). The van der Waals surface area contributed by atoms with Crippen LogP contribution in [-0.2, 0) is 0 Å². The van der Waals surface area contributed by atoms with Gasteiger partial charge in [-0.25, -0.2) is 0 Å². The maximum absolute atomic E-state index is 10.1. The third-order valence-electron chi connectivity index (χ3n) is 1.08. The first-order valence-corrected chi connectivity index (χ1v) is 2.66. The van der Waals surface area contributed by atoms with Gasteiger partial charge in [0.15, 0.2) is 1.41 Å². The second-order valence-electron chi connectivity index (χ2n) is 1.80. The average molecular weight is 139 g/mol. The first kappa shape index (κ1) is 5.22. The Morgan fingerprint density at radius 1 is 1.50 bits per heavy atom. The lowest BCUT2D eigenvalue weighted by Crippen LogP contribution is -1.88. The van der Waals surface area contributed by atoms with Gasteiger partial charge in [-0.1, -0.05) is 0 Å². The van der Waals surface area contributed by atoms with Crippen LogP contribution in [0.1, 0.15) is 0 Å². The molecule has 1 aromatic rings. The number of non-ortho nitro benzene ring substituents is 1. The van der Waals surface area contributed by atoms with E-state index in [2.05, 4.69) is 5.73 Å². The molecule has 0 saturated heterocycles. The maximum Gasteiger partial charge on any atom is 0.269 e. The Labute approximate surface area is 58.9 Å². The number of rotatable bonds is 2. The zero-order chi connectivity index (χ0) is 8.27. The Bertz CT molecular complexity index is 260. The van der Waals surface area contributed by atoms with Crippen LogP contribution in [0.4, 0.5) is 11.4 Å². The Hall–Kier alpha value is -1.58. The van der Waals surface area contributed by atoms with Crippen molar-refractivity contribution in [3.63, 3.8) is 0 Å². The molecule has 0 bridgehead atoms. The van der Waals surface area contributed by atoms with Crippen molar-refractivity contribution in [2.75, 3.05) is 5.73 Å². The number of hydrogen-bond acceptors (Lipinski definition) is 3. The van der Waals surface area contributed by atoms with Crippen LogP contribution in [0, 0.1) is 10.1 Å². The zero-order valence-corrected chi connectivity index (χ0v) is 5.07. The predicted octanol–water partition coefficient (Wildman–Crippen LogP) is 1.18. The molecule has 0 fully saturated rings. The van der Waals surface area contributed by atoms with Crippen molar-refractivity contribution < 1.29 is 6.34 Å². The van der Waals surface area contributed by atoms with Gasteiger partial charge in [-0.15, -0.1) is 0 Å². The smallest absolute Gasteiger partial charge is 0.269 e. The number of benzene rings is 1. The van der Waals surface area contributed by atoms with Crippen molar-refractivity contribution in [3.8, 4) is 0 Å². The summed E-state index contributed by atoms with van der Waals surface area (Å²) in [5, 5.41) is 10.1. The molecule has 0 unspecified atom stereocenters. The molecular formula is C6H6N2O2. The number of anilines is 1. The summed E-state index contributed by atoms with van der Waals surface area (Å²) >= 11 is 0. The van der Waals surface area contributed by atoms with Crippen LogP contribution >= 0.6 is 0 Å². The second-order valence-corrected chi connectivity index (χ2v) is 1.80. The van der Waals surface area contributed by atoms with Crippen LogP contribution in [-0.4, -0.2) is 4.92 Å². The van der Waals surface area contributed by atoms with E-state index in [1.54, 1.807) is 0 Å². The van der Waals surface area contributed by atoms with Gasteiger partial charge in [0.05, 0.1) is 4.92 Å². The maximum atomic E-state index is 10.1. The first-order chi connectivity index (χ1) is 5.24. The van der Waals surface area contributed by atoms with Gasteiger partial charge in [0.25, 0.3) is 5.69 Å². The highest BCUT2D eigenvalue weighted by Gasteiger charge is 2.00. The minimum absolute atomic E-state index is 0.0315. The predicted molar refractivity (Wildman–Crippen MR) is 37.5 cm³/mol. The van der Waals surface area contributed by atoms with Crippen molar-refractivity contribution in [1.29, 1.82) is 0 Å². The van der Waals surface area contributed by atoms with Gasteiger partial charge in [0, 0.05) is 17.8 Å². The molecule has 0 saturated carbocycles. The van der Waals surface area contributed by atoms with Gasteiger partial charge < -0.3 is 5.73 Å². The normalized spacial score (nSPS) is 10.2.